The number of nitrogens with one attached hydrogen (secondary N) is 1. The van der Waals surface area contributed by atoms with Crippen molar-refractivity contribution < 1.29 is 4.74 Å². The minimum Gasteiger partial charge on any atom is -0.494 e. The van der Waals surface area contributed by atoms with Gasteiger partial charge in [-0.05, 0) is 24.6 Å². The third-order valence-corrected chi connectivity index (χ3v) is 1.88. The van der Waals surface area contributed by atoms with Crippen LogP contribution in [0.3, 0.4) is 0 Å². The van der Waals surface area contributed by atoms with E-state index >= 15 is 0 Å². The van der Waals surface area contributed by atoms with E-state index in [-0.39, 0.29) is 0 Å². The van der Waals surface area contributed by atoms with Crippen molar-refractivity contribution in [1.82, 2.24) is 10.2 Å². The molecule has 1 aromatic carbocycles. The molecule has 1 aromatic heterocycles. The van der Waals surface area contributed by atoms with Crippen LogP contribution in [-0.4, -0.2) is 16.8 Å². The zero-order valence-corrected chi connectivity index (χ0v) is 7.58. The maximum absolute atomic E-state index is 5.49. The molecule has 1 heterocycles. The average molecular weight is 176 g/mol. The summed E-state index contributed by atoms with van der Waals surface area (Å²) in [5, 5.41) is 7.93. The highest BCUT2D eigenvalue weighted by Crippen LogP contribution is 2.18. The van der Waals surface area contributed by atoms with Gasteiger partial charge in [0.15, 0.2) is 0 Å². The van der Waals surface area contributed by atoms with Gasteiger partial charge < -0.3 is 4.74 Å². The highest BCUT2D eigenvalue weighted by molar-refractivity contribution is 5.79. The highest BCUT2D eigenvalue weighted by Gasteiger charge is 1.97. The summed E-state index contributed by atoms with van der Waals surface area (Å²) in [6.45, 7) is 2.86. The number of aromatic amines is 1. The molecular weight excluding hydrogens is 164 g/mol. The van der Waals surface area contributed by atoms with Crippen LogP contribution in [0.25, 0.3) is 10.9 Å². The van der Waals surface area contributed by atoms with Gasteiger partial charge in [-0.3, -0.25) is 5.10 Å². The Labute approximate surface area is 76.7 Å². The molecule has 0 bridgehead atoms. The second-order valence-electron chi connectivity index (χ2n) is 2.97. The lowest BCUT2D eigenvalue weighted by Crippen LogP contribution is -1.94. The van der Waals surface area contributed by atoms with E-state index < -0.39 is 0 Å². The Morgan fingerprint density at radius 1 is 1.46 bits per heavy atom. The van der Waals surface area contributed by atoms with Gasteiger partial charge in [0.05, 0.1) is 18.3 Å². The first-order valence-corrected chi connectivity index (χ1v) is 4.46. The van der Waals surface area contributed by atoms with E-state index in [0.717, 1.165) is 29.7 Å². The minimum atomic E-state index is 0.767. The first kappa shape index (κ1) is 8.10. The smallest absolute Gasteiger partial charge is 0.120 e. The van der Waals surface area contributed by atoms with Crippen molar-refractivity contribution in [2.75, 3.05) is 6.61 Å². The van der Waals surface area contributed by atoms with Gasteiger partial charge in [0.2, 0.25) is 0 Å². The largest absolute Gasteiger partial charge is 0.494 e. The maximum Gasteiger partial charge on any atom is 0.120 e. The van der Waals surface area contributed by atoms with Gasteiger partial charge in [-0.25, -0.2) is 0 Å². The summed E-state index contributed by atoms with van der Waals surface area (Å²) in [7, 11) is 0. The summed E-state index contributed by atoms with van der Waals surface area (Å²) in [6.07, 6.45) is 2.83. The maximum atomic E-state index is 5.49. The monoisotopic (exact) mass is 176 g/mol. The molecule has 0 unspecified atom stereocenters. The van der Waals surface area contributed by atoms with Crippen molar-refractivity contribution in [3.63, 3.8) is 0 Å². The van der Waals surface area contributed by atoms with Crippen LogP contribution in [0.15, 0.2) is 24.4 Å². The molecule has 0 aliphatic heterocycles. The molecule has 0 aliphatic rings. The first-order chi connectivity index (χ1) is 6.40. The van der Waals surface area contributed by atoms with Crippen molar-refractivity contribution in [1.29, 1.82) is 0 Å². The van der Waals surface area contributed by atoms with Gasteiger partial charge in [-0.2, -0.15) is 5.10 Å². The van der Waals surface area contributed by atoms with E-state index in [4.69, 9.17) is 4.74 Å². The van der Waals surface area contributed by atoms with E-state index in [1.165, 1.54) is 0 Å². The van der Waals surface area contributed by atoms with Crippen molar-refractivity contribution >= 4 is 10.9 Å². The van der Waals surface area contributed by atoms with Gasteiger partial charge in [-0.15, -0.1) is 0 Å². The summed E-state index contributed by atoms with van der Waals surface area (Å²) in [5.74, 6) is 0.913. The summed E-state index contributed by atoms with van der Waals surface area (Å²) in [6, 6.07) is 5.93. The molecule has 3 heteroatoms. The fraction of sp³-hybridized carbons (Fsp3) is 0.300. The molecule has 0 aliphatic carbocycles. The van der Waals surface area contributed by atoms with Gasteiger partial charge in [0, 0.05) is 5.39 Å². The molecular formula is C10H12N2O. The molecule has 2 aromatic rings. The van der Waals surface area contributed by atoms with E-state index in [0.29, 0.717) is 0 Å². The van der Waals surface area contributed by atoms with Gasteiger partial charge in [-0.1, -0.05) is 6.92 Å². The molecule has 0 radical (unpaired) electrons. The number of hydrogen-bond donors (Lipinski definition) is 1. The minimum absolute atomic E-state index is 0.767. The topological polar surface area (TPSA) is 37.9 Å². The van der Waals surface area contributed by atoms with Crippen molar-refractivity contribution in [3.05, 3.63) is 24.4 Å². The Bertz CT molecular complexity index is 394. The van der Waals surface area contributed by atoms with Crippen LogP contribution in [0.1, 0.15) is 13.3 Å². The molecule has 0 fully saturated rings. The normalized spacial score (nSPS) is 10.5. The summed E-state index contributed by atoms with van der Waals surface area (Å²) in [5.41, 5.74) is 1.05. The second-order valence-corrected chi connectivity index (χ2v) is 2.97. The molecule has 0 saturated carbocycles. The molecule has 68 valence electrons. The summed E-state index contributed by atoms with van der Waals surface area (Å²) >= 11 is 0. The van der Waals surface area contributed by atoms with Crippen molar-refractivity contribution in [2.45, 2.75) is 13.3 Å². The van der Waals surface area contributed by atoms with Crippen molar-refractivity contribution in [3.8, 4) is 5.75 Å². The third kappa shape index (κ3) is 1.64. The van der Waals surface area contributed by atoms with Crippen LogP contribution in [-0.2, 0) is 0 Å². The van der Waals surface area contributed by atoms with Crippen LogP contribution in [0.5, 0.6) is 5.75 Å². The number of fused-ring (bicyclic) bond motifs is 1. The fourth-order valence-corrected chi connectivity index (χ4v) is 1.23. The number of aromatic nitrogens is 2. The quantitative estimate of drug-likeness (QED) is 0.779. The third-order valence-electron chi connectivity index (χ3n) is 1.88. The summed E-state index contributed by atoms with van der Waals surface area (Å²) < 4.78 is 5.49. The Hall–Kier alpha value is -1.51. The van der Waals surface area contributed by atoms with E-state index in [1.807, 2.05) is 18.2 Å². The predicted molar refractivity (Wildman–Crippen MR) is 51.9 cm³/mol. The second kappa shape index (κ2) is 3.47. The van der Waals surface area contributed by atoms with Crippen LogP contribution in [0.4, 0.5) is 0 Å². The number of hydrogen-bond acceptors (Lipinski definition) is 2. The molecule has 0 amide bonds. The SMILES string of the molecule is CCCOc1ccc2[nH]ncc2c1. The first-order valence-electron chi connectivity index (χ1n) is 4.46. The van der Waals surface area contributed by atoms with Crippen LogP contribution < -0.4 is 4.74 Å². The number of benzene rings is 1. The predicted octanol–water partition coefficient (Wildman–Crippen LogP) is 2.35. The van der Waals surface area contributed by atoms with E-state index in [1.54, 1.807) is 6.20 Å². The van der Waals surface area contributed by atoms with Crippen LogP contribution in [0.2, 0.25) is 0 Å². The van der Waals surface area contributed by atoms with Crippen LogP contribution >= 0.6 is 0 Å². The lowest BCUT2D eigenvalue weighted by Gasteiger charge is -2.03. The number of ether oxygens (including phenoxy) is 1. The number of nitrogens with zero attached hydrogens (tertiary/aromatic N) is 1. The molecule has 13 heavy (non-hydrogen) atoms. The highest BCUT2D eigenvalue weighted by atomic mass is 16.5. The fourth-order valence-electron chi connectivity index (χ4n) is 1.23. The Morgan fingerprint density at radius 3 is 3.23 bits per heavy atom. The number of H-pyrrole nitrogens is 1. The Kier molecular flexibility index (Phi) is 2.17. The zero-order valence-electron chi connectivity index (χ0n) is 7.58. The lowest BCUT2D eigenvalue weighted by molar-refractivity contribution is 0.318. The average Bonchev–Trinajstić information content (AvgIpc) is 2.61. The molecule has 0 atom stereocenters. The molecule has 2 rings (SSSR count). The lowest BCUT2D eigenvalue weighted by atomic mass is 10.2. The van der Waals surface area contributed by atoms with Crippen LogP contribution in [0, 0.1) is 0 Å². The van der Waals surface area contributed by atoms with E-state index in [9.17, 15) is 0 Å². The van der Waals surface area contributed by atoms with Gasteiger partial charge in [0.1, 0.15) is 5.75 Å². The van der Waals surface area contributed by atoms with Gasteiger partial charge in [0.25, 0.3) is 0 Å². The van der Waals surface area contributed by atoms with E-state index in [2.05, 4.69) is 17.1 Å². The summed E-state index contributed by atoms with van der Waals surface area (Å²) in [4.78, 5) is 0. The zero-order chi connectivity index (χ0) is 9.10. The Morgan fingerprint density at radius 2 is 2.38 bits per heavy atom. The molecule has 0 saturated heterocycles. The Balaban J connectivity index is 2.26. The molecule has 3 nitrogen and oxygen atoms in total. The molecule has 0 spiro atoms. The number of rotatable bonds is 3. The van der Waals surface area contributed by atoms with Crippen molar-refractivity contribution in [2.24, 2.45) is 0 Å². The molecule has 1 N–H and O–H groups in total. The van der Waals surface area contributed by atoms with Gasteiger partial charge >= 0.3 is 0 Å². The standard InChI is InChI=1S/C10H12N2O/c1-2-5-13-9-3-4-10-8(6-9)7-11-12-10/h3-4,6-7H,2,5H2,1H3,(H,11,12).